The second kappa shape index (κ2) is 2.16. The normalized spacial score (nSPS) is 11.5. The van der Waals surface area contributed by atoms with Gasteiger partial charge in [-0.1, -0.05) is 5.10 Å². The zero-order chi connectivity index (χ0) is 7.61. The number of alkyl halides is 3. The maximum atomic E-state index is 11.3. The third-order valence-electron chi connectivity index (χ3n) is 0.560. The third kappa shape index (κ3) is 1.92. The van der Waals surface area contributed by atoms with Crippen LogP contribution in [0.5, 0.6) is 5.88 Å². The number of rotatable bonds is 1. The van der Waals surface area contributed by atoms with Crippen molar-refractivity contribution in [1.82, 2.24) is 10.4 Å². The number of ether oxygens (including phenoxy) is 1. The van der Waals surface area contributed by atoms with Gasteiger partial charge in [0.15, 0.2) is 6.26 Å². The molecule has 0 atom stereocenters. The summed E-state index contributed by atoms with van der Waals surface area (Å²) in [6.07, 6.45) is -4.09. The first-order valence-electron chi connectivity index (χ1n) is 2.11. The van der Waals surface area contributed by atoms with E-state index in [0.29, 0.717) is 6.26 Å². The molecule has 10 heavy (non-hydrogen) atoms. The summed E-state index contributed by atoms with van der Waals surface area (Å²) in [6.45, 7) is 0. The molecule has 7 heteroatoms. The molecular weight excluding hydrogens is 153 g/mol. The van der Waals surface area contributed by atoms with Crippen molar-refractivity contribution in [3.63, 3.8) is 0 Å². The number of hydrogen-bond acceptors (Lipinski definition) is 4. The van der Waals surface area contributed by atoms with Gasteiger partial charge in [0.1, 0.15) is 0 Å². The van der Waals surface area contributed by atoms with E-state index in [-0.39, 0.29) is 0 Å². The lowest BCUT2D eigenvalue weighted by Crippen LogP contribution is -2.17. The summed E-state index contributed by atoms with van der Waals surface area (Å²) in [7, 11) is 0. The molecule has 1 aromatic heterocycles. The van der Waals surface area contributed by atoms with Gasteiger partial charge in [-0.2, -0.15) is 0 Å². The molecule has 0 N–H and O–H groups in total. The number of nitrogens with zero attached hydrogens (tertiary/aromatic N) is 2. The lowest BCUT2D eigenvalue weighted by atomic mass is 10.9. The SMILES string of the molecule is FC(F)(F)Oc1conn1. The molecule has 1 heterocycles. The molecule has 0 aromatic carbocycles. The van der Waals surface area contributed by atoms with Crippen LogP contribution in [0, 0.1) is 0 Å². The third-order valence-corrected chi connectivity index (χ3v) is 0.560. The molecule has 56 valence electrons. The molecule has 0 spiro atoms. The fraction of sp³-hybridized carbons (Fsp3) is 0.333. The van der Waals surface area contributed by atoms with E-state index in [1.54, 1.807) is 0 Å². The standard InChI is InChI=1S/C3HF3N2O2/c4-3(5,6)10-2-1-9-8-7-2/h1H. The molecule has 1 rings (SSSR count). The van der Waals surface area contributed by atoms with Crippen LogP contribution >= 0.6 is 0 Å². The van der Waals surface area contributed by atoms with Gasteiger partial charge in [0.25, 0.3) is 5.88 Å². The van der Waals surface area contributed by atoms with Gasteiger partial charge in [0.2, 0.25) is 0 Å². The van der Waals surface area contributed by atoms with E-state index in [0.717, 1.165) is 0 Å². The first-order chi connectivity index (χ1) is 4.58. The predicted octanol–water partition coefficient (Wildman–Crippen LogP) is 0.968. The molecule has 0 aliphatic heterocycles. The van der Waals surface area contributed by atoms with E-state index in [9.17, 15) is 13.2 Å². The van der Waals surface area contributed by atoms with E-state index >= 15 is 0 Å². The van der Waals surface area contributed by atoms with Crippen LogP contribution in [0.25, 0.3) is 0 Å². The summed E-state index contributed by atoms with van der Waals surface area (Å²) in [4.78, 5) is 0. The van der Waals surface area contributed by atoms with E-state index in [2.05, 4.69) is 19.6 Å². The number of aromatic nitrogens is 2. The molecule has 1 aromatic rings. The molecule has 0 bridgehead atoms. The summed E-state index contributed by atoms with van der Waals surface area (Å²) in [5, 5.41) is 5.60. The minimum atomic E-state index is -4.74. The first-order valence-corrected chi connectivity index (χ1v) is 2.11. The van der Waals surface area contributed by atoms with Gasteiger partial charge in [0.05, 0.1) is 0 Å². The zero-order valence-corrected chi connectivity index (χ0v) is 4.42. The van der Waals surface area contributed by atoms with E-state index < -0.39 is 12.2 Å². The molecule has 0 fully saturated rings. The van der Waals surface area contributed by atoms with Crippen molar-refractivity contribution in [3.8, 4) is 5.88 Å². The second-order valence-corrected chi connectivity index (χ2v) is 1.29. The second-order valence-electron chi connectivity index (χ2n) is 1.29. The van der Waals surface area contributed by atoms with Crippen molar-refractivity contribution in [2.24, 2.45) is 0 Å². The molecule has 0 radical (unpaired) electrons. The molecule has 0 aliphatic carbocycles. The summed E-state index contributed by atoms with van der Waals surface area (Å²) in [6, 6.07) is 0. The Morgan fingerprint density at radius 3 is 2.60 bits per heavy atom. The van der Waals surface area contributed by atoms with Crippen LogP contribution in [-0.2, 0) is 0 Å². The fourth-order valence-corrected chi connectivity index (χ4v) is 0.319. The Kier molecular flexibility index (Phi) is 1.48. The van der Waals surface area contributed by atoms with Gasteiger partial charge < -0.3 is 9.26 Å². The highest BCUT2D eigenvalue weighted by atomic mass is 19.4. The van der Waals surface area contributed by atoms with Gasteiger partial charge in [0, 0.05) is 5.27 Å². The minimum absolute atomic E-state index is 0.646. The Morgan fingerprint density at radius 1 is 1.50 bits per heavy atom. The smallest absolute Gasteiger partial charge is 0.383 e. The summed E-state index contributed by atoms with van der Waals surface area (Å²) >= 11 is 0. The molecule has 4 nitrogen and oxygen atoms in total. The van der Waals surface area contributed by atoms with Crippen LogP contribution in [0.4, 0.5) is 13.2 Å². The van der Waals surface area contributed by atoms with E-state index in [1.165, 1.54) is 0 Å². The summed E-state index contributed by atoms with van der Waals surface area (Å²) in [5.74, 6) is -0.701. The molecular formula is C3HF3N2O2. The topological polar surface area (TPSA) is 48.2 Å². The van der Waals surface area contributed by atoms with E-state index in [4.69, 9.17) is 0 Å². The Morgan fingerprint density at radius 2 is 2.20 bits per heavy atom. The summed E-state index contributed by atoms with van der Waals surface area (Å²) in [5.41, 5.74) is 0. The van der Waals surface area contributed by atoms with Gasteiger partial charge in [-0.3, -0.25) is 0 Å². The largest absolute Gasteiger partial charge is 0.574 e. The van der Waals surface area contributed by atoms with Gasteiger partial charge in [-0.15, -0.1) is 13.2 Å². The van der Waals surface area contributed by atoms with Crippen LogP contribution in [0.15, 0.2) is 10.8 Å². The van der Waals surface area contributed by atoms with Crippen LogP contribution < -0.4 is 4.74 Å². The summed E-state index contributed by atoms with van der Waals surface area (Å²) < 4.78 is 41.1. The molecule has 0 unspecified atom stereocenters. The van der Waals surface area contributed by atoms with Crippen LogP contribution in [0.2, 0.25) is 0 Å². The van der Waals surface area contributed by atoms with Gasteiger partial charge in [-0.25, -0.2) is 0 Å². The molecule has 0 saturated heterocycles. The van der Waals surface area contributed by atoms with Crippen molar-refractivity contribution >= 4 is 0 Å². The first kappa shape index (κ1) is 6.84. The Balaban J connectivity index is 2.57. The lowest BCUT2D eigenvalue weighted by molar-refractivity contribution is -0.276. The minimum Gasteiger partial charge on any atom is -0.383 e. The Hall–Kier alpha value is -1.27. The molecule has 0 aliphatic rings. The van der Waals surface area contributed by atoms with Crippen molar-refractivity contribution in [1.29, 1.82) is 0 Å². The van der Waals surface area contributed by atoms with Crippen molar-refractivity contribution in [3.05, 3.63) is 6.26 Å². The molecule has 0 saturated carbocycles. The average molecular weight is 154 g/mol. The highest BCUT2D eigenvalue weighted by molar-refractivity contribution is 4.95. The van der Waals surface area contributed by atoms with Crippen LogP contribution in [0.1, 0.15) is 0 Å². The number of hydrogen-bond donors (Lipinski definition) is 0. The monoisotopic (exact) mass is 154 g/mol. The van der Waals surface area contributed by atoms with Crippen LogP contribution in [-0.4, -0.2) is 16.7 Å². The number of halogens is 3. The fourth-order valence-electron chi connectivity index (χ4n) is 0.319. The zero-order valence-electron chi connectivity index (χ0n) is 4.42. The average Bonchev–Trinajstić information content (AvgIpc) is 2.12. The predicted molar refractivity (Wildman–Crippen MR) is 21.0 cm³/mol. The lowest BCUT2D eigenvalue weighted by Gasteiger charge is -2.02. The molecule has 0 amide bonds. The Bertz CT molecular complexity index is 194. The van der Waals surface area contributed by atoms with Gasteiger partial charge in [-0.05, 0) is 0 Å². The highest BCUT2D eigenvalue weighted by Crippen LogP contribution is 2.19. The van der Waals surface area contributed by atoms with Crippen LogP contribution in [0.3, 0.4) is 0 Å². The maximum Gasteiger partial charge on any atom is 0.574 e. The maximum absolute atomic E-state index is 11.3. The van der Waals surface area contributed by atoms with Gasteiger partial charge >= 0.3 is 6.36 Å². The quantitative estimate of drug-likeness (QED) is 0.604. The highest BCUT2D eigenvalue weighted by Gasteiger charge is 2.32. The van der Waals surface area contributed by atoms with Crippen molar-refractivity contribution in [2.75, 3.05) is 0 Å². The van der Waals surface area contributed by atoms with Crippen molar-refractivity contribution in [2.45, 2.75) is 6.36 Å². The van der Waals surface area contributed by atoms with Crippen molar-refractivity contribution < 1.29 is 22.4 Å². The Labute approximate surface area is 52.6 Å². The van der Waals surface area contributed by atoms with E-state index in [1.807, 2.05) is 0 Å².